The molecule has 0 radical (unpaired) electrons. The number of ether oxygens (including phenoxy) is 1. The van der Waals surface area contributed by atoms with Crippen LogP contribution in [0.4, 0.5) is 0 Å². The van der Waals surface area contributed by atoms with Gasteiger partial charge in [0.25, 0.3) is 0 Å². The van der Waals surface area contributed by atoms with Gasteiger partial charge in [-0.2, -0.15) is 0 Å². The van der Waals surface area contributed by atoms with Crippen LogP contribution in [-0.4, -0.2) is 10.6 Å². The third-order valence-electron chi connectivity index (χ3n) is 2.07. The first kappa shape index (κ1) is 11.5. The summed E-state index contributed by atoms with van der Waals surface area (Å²) >= 11 is 2.02. The van der Waals surface area contributed by atoms with E-state index < -0.39 is 0 Å². The second kappa shape index (κ2) is 4.77. The minimum Gasteiger partial charge on any atom is -0.451 e. The Morgan fingerprint density at radius 1 is 1.29 bits per heavy atom. The molecular formula is C11H13IO2. The summed E-state index contributed by atoms with van der Waals surface area (Å²) in [5.41, 5.74) is 3.84. The number of hydrogen-bond donors (Lipinski definition) is 0. The monoisotopic (exact) mass is 304 g/mol. The molecule has 0 bridgehead atoms. The Hall–Kier alpha value is -0.580. The zero-order valence-electron chi connectivity index (χ0n) is 8.56. The molecule has 0 aromatic heterocycles. The standard InChI is InChI=1S/C11H13IO2/c1-7-4-8(2)10(9(3)5-7)11(13)14-6-12/h4-5H,6H2,1-3H3. The third-order valence-corrected chi connectivity index (χ3v) is 2.38. The molecule has 0 unspecified atom stereocenters. The number of hydrogen-bond acceptors (Lipinski definition) is 2. The molecular weight excluding hydrogens is 291 g/mol. The van der Waals surface area contributed by atoms with E-state index >= 15 is 0 Å². The number of aryl methyl sites for hydroxylation is 3. The molecule has 0 atom stereocenters. The molecule has 0 saturated carbocycles. The van der Waals surface area contributed by atoms with Crippen LogP contribution in [0.15, 0.2) is 12.1 Å². The van der Waals surface area contributed by atoms with Gasteiger partial charge < -0.3 is 4.74 Å². The maximum absolute atomic E-state index is 11.6. The van der Waals surface area contributed by atoms with Crippen molar-refractivity contribution < 1.29 is 9.53 Å². The van der Waals surface area contributed by atoms with Gasteiger partial charge in [-0.05, 0) is 54.5 Å². The van der Waals surface area contributed by atoms with Crippen molar-refractivity contribution in [2.75, 3.05) is 4.61 Å². The van der Waals surface area contributed by atoms with E-state index in [0.717, 1.165) is 11.1 Å². The largest absolute Gasteiger partial charge is 0.451 e. The fraction of sp³-hybridized carbons (Fsp3) is 0.364. The summed E-state index contributed by atoms with van der Waals surface area (Å²) in [7, 11) is 0. The molecule has 1 rings (SSSR count). The Morgan fingerprint density at radius 3 is 2.21 bits per heavy atom. The molecule has 0 fully saturated rings. The van der Waals surface area contributed by atoms with Crippen molar-refractivity contribution in [3.8, 4) is 0 Å². The molecule has 14 heavy (non-hydrogen) atoms. The first-order chi connectivity index (χ1) is 6.56. The normalized spacial score (nSPS) is 10.0. The average molecular weight is 304 g/mol. The molecule has 1 aromatic carbocycles. The van der Waals surface area contributed by atoms with Crippen LogP contribution < -0.4 is 0 Å². The molecule has 0 aliphatic heterocycles. The van der Waals surface area contributed by atoms with Crippen LogP contribution in [0.1, 0.15) is 27.0 Å². The van der Waals surface area contributed by atoms with E-state index in [1.807, 2.05) is 55.5 Å². The first-order valence-corrected chi connectivity index (χ1v) is 5.89. The SMILES string of the molecule is Cc1cc(C)c(C(=O)OCI)c(C)c1. The average Bonchev–Trinajstić information content (AvgIpc) is 2.01. The number of benzene rings is 1. The van der Waals surface area contributed by atoms with Gasteiger partial charge >= 0.3 is 5.97 Å². The second-order valence-corrected chi connectivity index (χ2v) is 3.94. The van der Waals surface area contributed by atoms with Crippen molar-refractivity contribution in [1.82, 2.24) is 0 Å². The van der Waals surface area contributed by atoms with Gasteiger partial charge in [0.2, 0.25) is 0 Å². The summed E-state index contributed by atoms with van der Waals surface area (Å²) in [5, 5.41) is 0. The molecule has 0 aliphatic rings. The molecule has 0 spiro atoms. The van der Waals surface area contributed by atoms with Crippen molar-refractivity contribution in [3.05, 3.63) is 34.4 Å². The van der Waals surface area contributed by atoms with Crippen molar-refractivity contribution in [2.45, 2.75) is 20.8 Å². The van der Waals surface area contributed by atoms with Crippen LogP contribution in [0.2, 0.25) is 0 Å². The first-order valence-electron chi connectivity index (χ1n) is 4.37. The molecule has 0 heterocycles. The molecule has 76 valence electrons. The maximum Gasteiger partial charge on any atom is 0.339 e. The van der Waals surface area contributed by atoms with E-state index in [2.05, 4.69) is 0 Å². The zero-order valence-corrected chi connectivity index (χ0v) is 10.7. The minimum absolute atomic E-state index is 0.227. The van der Waals surface area contributed by atoms with Crippen LogP contribution >= 0.6 is 22.6 Å². The molecule has 1 aromatic rings. The van der Waals surface area contributed by atoms with Crippen LogP contribution in [0.3, 0.4) is 0 Å². The highest BCUT2D eigenvalue weighted by atomic mass is 127. The van der Waals surface area contributed by atoms with Gasteiger partial charge in [-0.3, -0.25) is 0 Å². The van der Waals surface area contributed by atoms with Crippen molar-refractivity contribution in [2.24, 2.45) is 0 Å². The Labute approximate surface area is 97.8 Å². The fourth-order valence-electron chi connectivity index (χ4n) is 1.62. The van der Waals surface area contributed by atoms with Gasteiger partial charge in [0.05, 0.1) is 5.56 Å². The number of rotatable bonds is 2. The van der Waals surface area contributed by atoms with Crippen molar-refractivity contribution in [3.63, 3.8) is 0 Å². The number of esters is 1. The summed E-state index contributed by atoms with van der Waals surface area (Å²) in [6.07, 6.45) is 0. The molecule has 3 heteroatoms. The molecule has 0 saturated heterocycles. The number of alkyl halides is 1. The lowest BCUT2D eigenvalue weighted by Gasteiger charge is -2.09. The lowest BCUT2D eigenvalue weighted by atomic mass is 10.0. The Kier molecular flexibility index (Phi) is 3.92. The van der Waals surface area contributed by atoms with E-state index in [0.29, 0.717) is 10.2 Å². The van der Waals surface area contributed by atoms with E-state index in [9.17, 15) is 4.79 Å². The Balaban J connectivity index is 3.14. The lowest BCUT2D eigenvalue weighted by Crippen LogP contribution is -2.08. The van der Waals surface area contributed by atoms with E-state index in [-0.39, 0.29) is 5.97 Å². The highest BCUT2D eigenvalue weighted by molar-refractivity contribution is 14.1. The fourth-order valence-corrected chi connectivity index (χ4v) is 1.91. The topological polar surface area (TPSA) is 26.3 Å². The predicted molar refractivity (Wildman–Crippen MR) is 65.0 cm³/mol. The van der Waals surface area contributed by atoms with E-state index in [1.165, 1.54) is 5.56 Å². The molecule has 0 aliphatic carbocycles. The highest BCUT2D eigenvalue weighted by Gasteiger charge is 2.13. The number of carbonyl (C=O) groups is 1. The Morgan fingerprint density at radius 2 is 1.79 bits per heavy atom. The number of halogens is 1. The zero-order chi connectivity index (χ0) is 10.7. The van der Waals surface area contributed by atoms with Crippen LogP contribution in [-0.2, 0) is 4.74 Å². The Bertz CT molecular complexity index is 335. The maximum atomic E-state index is 11.6. The highest BCUT2D eigenvalue weighted by Crippen LogP contribution is 2.17. The van der Waals surface area contributed by atoms with Gasteiger partial charge in [-0.15, -0.1) is 0 Å². The van der Waals surface area contributed by atoms with Gasteiger partial charge in [-0.1, -0.05) is 17.7 Å². The number of carbonyl (C=O) groups excluding carboxylic acids is 1. The van der Waals surface area contributed by atoms with Gasteiger partial charge in [0.1, 0.15) is 4.61 Å². The summed E-state index contributed by atoms with van der Waals surface area (Å²) < 4.78 is 5.37. The lowest BCUT2D eigenvalue weighted by molar-refractivity contribution is 0.0589. The summed E-state index contributed by atoms with van der Waals surface area (Å²) in [6.45, 7) is 5.89. The van der Waals surface area contributed by atoms with Gasteiger partial charge in [0.15, 0.2) is 0 Å². The smallest absolute Gasteiger partial charge is 0.339 e. The minimum atomic E-state index is -0.227. The quantitative estimate of drug-likeness (QED) is 0.476. The van der Waals surface area contributed by atoms with E-state index in [4.69, 9.17) is 4.74 Å². The summed E-state index contributed by atoms with van der Waals surface area (Å²) in [5.74, 6) is -0.227. The van der Waals surface area contributed by atoms with Crippen LogP contribution in [0, 0.1) is 20.8 Å². The third kappa shape index (κ3) is 2.47. The predicted octanol–water partition coefficient (Wildman–Crippen LogP) is 3.16. The van der Waals surface area contributed by atoms with E-state index in [1.54, 1.807) is 0 Å². The van der Waals surface area contributed by atoms with Gasteiger partial charge in [-0.25, -0.2) is 4.79 Å². The van der Waals surface area contributed by atoms with Crippen molar-refractivity contribution in [1.29, 1.82) is 0 Å². The molecule has 2 nitrogen and oxygen atoms in total. The summed E-state index contributed by atoms with van der Waals surface area (Å²) in [6, 6.07) is 3.99. The van der Waals surface area contributed by atoms with Crippen molar-refractivity contribution >= 4 is 28.6 Å². The van der Waals surface area contributed by atoms with Crippen LogP contribution in [0.5, 0.6) is 0 Å². The summed E-state index contributed by atoms with van der Waals surface area (Å²) in [4.78, 5) is 11.6. The molecule has 0 N–H and O–H groups in total. The van der Waals surface area contributed by atoms with Crippen LogP contribution in [0.25, 0.3) is 0 Å². The molecule has 0 amide bonds. The second-order valence-electron chi connectivity index (χ2n) is 3.31. The van der Waals surface area contributed by atoms with Gasteiger partial charge in [0, 0.05) is 0 Å².